The van der Waals surface area contributed by atoms with E-state index in [1.165, 1.54) is 0 Å². The SMILES string of the molecule is COc1ccc(C(=O)Nc2cccc(NC(=O)CN(C)C)c2)c(C)c1. The molecule has 2 aromatic carbocycles. The van der Waals surface area contributed by atoms with E-state index in [9.17, 15) is 9.59 Å². The molecular weight excluding hydrogens is 318 g/mol. The van der Waals surface area contributed by atoms with Crippen molar-refractivity contribution in [2.75, 3.05) is 38.4 Å². The lowest BCUT2D eigenvalue weighted by Crippen LogP contribution is -2.27. The molecule has 0 fully saturated rings. The monoisotopic (exact) mass is 341 g/mol. The lowest BCUT2D eigenvalue weighted by Gasteiger charge is -2.12. The van der Waals surface area contributed by atoms with Crippen LogP contribution in [-0.4, -0.2) is 44.5 Å². The number of carbonyl (C=O) groups is 2. The minimum Gasteiger partial charge on any atom is -0.497 e. The maximum absolute atomic E-state index is 12.5. The highest BCUT2D eigenvalue weighted by Crippen LogP contribution is 2.20. The molecule has 0 aliphatic rings. The fraction of sp³-hybridized carbons (Fsp3) is 0.263. The van der Waals surface area contributed by atoms with Crippen molar-refractivity contribution in [2.24, 2.45) is 0 Å². The Morgan fingerprint density at radius 1 is 1.04 bits per heavy atom. The Bertz CT molecular complexity index is 772. The van der Waals surface area contributed by atoms with Gasteiger partial charge in [-0.1, -0.05) is 6.07 Å². The van der Waals surface area contributed by atoms with Crippen LogP contribution < -0.4 is 15.4 Å². The summed E-state index contributed by atoms with van der Waals surface area (Å²) in [5.74, 6) is 0.385. The number of hydrogen-bond acceptors (Lipinski definition) is 4. The molecule has 0 bridgehead atoms. The molecule has 2 amide bonds. The number of nitrogens with zero attached hydrogens (tertiary/aromatic N) is 1. The summed E-state index contributed by atoms with van der Waals surface area (Å²) in [4.78, 5) is 26.1. The van der Waals surface area contributed by atoms with Crippen LogP contribution in [0, 0.1) is 6.92 Å². The number of benzene rings is 2. The predicted octanol–water partition coefficient (Wildman–Crippen LogP) is 2.76. The number of anilines is 2. The summed E-state index contributed by atoms with van der Waals surface area (Å²) in [6.07, 6.45) is 0. The number of hydrogen-bond donors (Lipinski definition) is 2. The third kappa shape index (κ3) is 5.32. The van der Waals surface area contributed by atoms with Crippen molar-refractivity contribution < 1.29 is 14.3 Å². The van der Waals surface area contributed by atoms with Gasteiger partial charge in [0.05, 0.1) is 13.7 Å². The second kappa shape index (κ2) is 8.30. The minimum absolute atomic E-state index is 0.112. The average molecular weight is 341 g/mol. The van der Waals surface area contributed by atoms with Crippen LogP contribution >= 0.6 is 0 Å². The number of likely N-dealkylation sites (N-methyl/N-ethyl adjacent to an activating group) is 1. The van der Waals surface area contributed by atoms with Gasteiger partial charge in [-0.2, -0.15) is 0 Å². The summed E-state index contributed by atoms with van der Waals surface area (Å²) < 4.78 is 5.15. The molecule has 0 aromatic heterocycles. The van der Waals surface area contributed by atoms with Crippen LogP contribution in [-0.2, 0) is 4.79 Å². The molecule has 2 aromatic rings. The van der Waals surface area contributed by atoms with E-state index in [-0.39, 0.29) is 11.8 Å². The summed E-state index contributed by atoms with van der Waals surface area (Å²) in [7, 11) is 5.24. The summed E-state index contributed by atoms with van der Waals surface area (Å²) in [6.45, 7) is 2.15. The lowest BCUT2D eigenvalue weighted by atomic mass is 10.1. The summed E-state index contributed by atoms with van der Waals surface area (Å²) >= 11 is 0. The molecule has 132 valence electrons. The van der Waals surface area contributed by atoms with Crippen LogP contribution in [0.3, 0.4) is 0 Å². The normalized spacial score (nSPS) is 10.4. The first-order valence-electron chi connectivity index (χ1n) is 7.89. The zero-order valence-electron chi connectivity index (χ0n) is 14.9. The lowest BCUT2D eigenvalue weighted by molar-refractivity contribution is -0.116. The van der Waals surface area contributed by atoms with Crippen molar-refractivity contribution in [3.63, 3.8) is 0 Å². The number of rotatable bonds is 6. The Kier molecular flexibility index (Phi) is 6.14. The Labute approximate surface area is 147 Å². The Morgan fingerprint density at radius 3 is 2.32 bits per heavy atom. The zero-order valence-corrected chi connectivity index (χ0v) is 14.9. The Balaban J connectivity index is 2.08. The molecule has 0 aliphatic carbocycles. The van der Waals surface area contributed by atoms with E-state index in [1.807, 2.05) is 27.1 Å². The van der Waals surface area contributed by atoms with Gasteiger partial charge in [-0.25, -0.2) is 0 Å². The average Bonchev–Trinajstić information content (AvgIpc) is 2.53. The van der Waals surface area contributed by atoms with E-state index in [0.717, 1.165) is 5.56 Å². The highest BCUT2D eigenvalue weighted by atomic mass is 16.5. The molecule has 6 heteroatoms. The van der Waals surface area contributed by atoms with Crippen LogP contribution in [0.1, 0.15) is 15.9 Å². The zero-order chi connectivity index (χ0) is 18.4. The van der Waals surface area contributed by atoms with Gasteiger partial charge in [-0.05, 0) is 63.0 Å². The van der Waals surface area contributed by atoms with Crippen LogP contribution in [0.2, 0.25) is 0 Å². The molecule has 2 N–H and O–H groups in total. The van der Waals surface area contributed by atoms with Crippen LogP contribution in [0.15, 0.2) is 42.5 Å². The Hall–Kier alpha value is -2.86. The van der Waals surface area contributed by atoms with Crippen LogP contribution in [0.4, 0.5) is 11.4 Å². The molecule has 0 heterocycles. The van der Waals surface area contributed by atoms with Crippen molar-refractivity contribution in [3.8, 4) is 5.75 Å². The second-order valence-corrected chi connectivity index (χ2v) is 6.00. The summed E-state index contributed by atoms with van der Waals surface area (Å²) in [5, 5.41) is 5.65. The first-order valence-corrected chi connectivity index (χ1v) is 7.89. The number of amides is 2. The molecule has 6 nitrogen and oxygen atoms in total. The molecule has 0 saturated heterocycles. The van der Waals surface area contributed by atoms with Crippen molar-refractivity contribution in [2.45, 2.75) is 6.92 Å². The van der Waals surface area contributed by atoms with Crippen molar-refractivity contribution in [1.82, 2.24) is 4.90 Å². The van der Waals surface area contributed by atoms with Gasteiger partial charge in [0.2, 0.25) is 5.91 Å². The first kappa shape index (κ1) is 18.5. The van der Waals surface area contributed by atoms with Crippen molar-refractivity contribution in [3.05, 3.63) is 53.6 Å². The largest absolute Gasteiger partial charge is 0.497 e. The maximum atomic E-state index is 12.5. The van der Waals surface area contributed by atoms with E-state index in [0.29, 0.717) is 29.2 Å². The van der Waals surface area contributed by atoms with E-state index in [4.69, 9.17) is 4.74 Å². The van der Waals surface area contributed by atoms with Gasteiger partial charge in [-0.15, -0.1) is 0 Å². The molecule has 25 heavy (non-hydrogen) atoms. The number of aryl methyl sites for hydroxylation is 1. The topological polar surface area (TPSA) is 70.7 Å². The second-order valence-electron chi connectivity index (χ2n) is 6.00. The van der Waals surface area contributed by atoms with Gasteiger partial charge in [0.15, 0.2) is 0 Å². The van der Waals surface area contributed by atoms with E-state index >= 15 is 0 Å². The smallest absolute Gasteiger partial charge is 0.255 e. The standard InChI is InChI=1S/C19H23N3O3/c1-13-10-16(25-4)8-9-17(13)19(24)21-15-7-5-6-14(11-15)20-18(23)12-22(2)3/h5-11H,12H2,1-4H3,(H,20,23)(H,21,24). The quantitative estimate of drug-likeness (QED) is 0.847. The first-order chi connectivity index (χ1) is 11.9. The van der Waals surface area contributed by atoms with Gasteiger partial charge >= 0.3 is 0 Å². The molecule has 0 spiro atoms. The fourth-order valence-electron chi connectivity index (χ4n) is 2.38. The van der Waals surface area contributed by atoms with Crippen LogP contribution in [0.25, 0.3) is 0 Å². The van der Waals surface area contributed by atoms with Crippen molar-refractivity contribution in [1.29, 1.82) is 0 Å². The number of nitrogens with one attached hydrogen (secondary N) is 2. The summed E-state index contributed by atoms with van der Waals surface area (Å²) in [6, 6.07) is 12.4. The molecule has 2 rings (SSSR count). The molecule has 0 atom stereocenters. The molecular formula is C19H23N3O3. The highest BCUT2D eigenvalue weighted by molar-refractivity contribution is 6.05. The van der Waals surface area contributed by atoms with E-state index < -0.39 is 0 Å². The van der Waals surface area contributed by atoms with Crippen LogP contribution in [0.5, 0.6) is 5.75 Å². The minimum atomic E-state index is -0.211. The van der Waals surface area contributed by atoms with Gasteiger partial charge < -0.3 is 20.3 Å². The summed E-state index contributed by atoms with van der Waals surface area (Å²) in [5.41, 5.74) is 2.65. The molecule has 0 radical (unpaired) electrons. The third-order valence-corrected chi connectivity index (χ3v) is 3.54. The maximum Gasteiger partial charge on any atom is 0.255 e. The Morgan fingerprint density at radius 2 is 1.72 bits per heavy atom. The number of carbonyl (C=O) groups excluding carboxylic acids is 2. The van der Waals surface area contributed by atoms with Gasteiger partial charge in [0, 0.05) is 16.9 Å². The van der Waals surface area contributed by atoms with Gasteiger partial charge in [-0.3, -0.25) is 9.59 Å². The number of methoxy groups -OCH3 is 1. The number of ether oxygens (including phenoxy) is 1. The molecule has 0 unspecified atom stereocenters. The van der Waals surface area contributed by atoms with Gasteiger partial charge in [0.25, 0.3) is 5.91 Å². The van der Waals surface area contributed by atoms with E-state index in [1.54, 1.807) is 48.4 Å². The molecule has 0 saturated carbocycles. The third-order valence-electron chi connectivity index (χ3n) is 3.54. The molecule has 0 aliphatic heterocycles. The fourth-order valence-corrected chi connectivity index (χ4v) is 2.38. The predicted molar refractivity (Wildman–Crippen MR) is 99.3 cm³/mol. The highest BCUT2D eigenvalue weighted by Gasteiger charge is 2.11. The van der Waals surface area contributed by atoms with Gasteiger partial charge in [0.1, 0.15) is 5.75 Å². The van der Waals surface area contributed by atoms with Crippen molar-refractivity contribution >= 4 is 23.2 Å². The van der Waals surface area contributed by atoms with E-state index in [2.05, 4.69) is 10.6 Å².